The van der Waals surface area contributed by atoms with Crippen LogP contribution in [0.3, 0.4) is 0 Å². The van der Waals surface area contributed by atoms with Gasteiger partial charge in [0.15, 0.2) is 6.61 Å². The summed E-state index contributed by atoms with van der Waals surface area (Å²) in [5, 5.41) is 18.7. The number of benzene rings is 2. The highest BCUT2D eigenvalue weighted by molar-refractivity contribution is 7.07. The van der Waals surface area contributed by atoms with Crippen molar-refractivity contribution in [3.8, 4) is 23.1 Å². The zero-order chi connectivity index (χ0) is 22.7. The number of fused-ring (bicyclic) bond motifs is 1. The zero-order valence-electron chi connectivity index (χ0n) is 17.8. The van der Waals surface area contributed by atoms with Crippen LogP contribution >= 0.6 is 11.3 Å². The molecular formula is C24H21N5O2S. The first-order valence-corrected chi connectivity index (χ1v) is 10.8. The van der Waals surface area contributed by atoms with Gasteiger partial charge in [0, 0.05) is 10.9 Å². The molecule has 0 unspecified atom stereocenters. The fourth-order valence-electron chi connectivity index (χ4n) is 3.14. The molecule has 0 radical (unpaired) electrons. The summed E-state index contributed by atoms with van der Waals surface area (Å²) in [5.74, 6) is 0.458. The molecule has 32 heavy (non-hydrogen) atoms. The Morgan fingerprint density at radius 2 is 2.06 bits per heavy atom. The number of nitriles is 1. The Hall–Kier alpha value is -3.96. The lowest BCUT2D eigenvalue weighted by atomic mass is 10.1. The van der Waals surface area contributed by atoms with Crippen LogP contribution in [0.25, 0.3) is 11.3 Å². The van der Waals surface area contributed by atoms with Gasteiger partial charge in [-0.3, -0.25) is 9.79 Å². The second kappa shape index (κ2) is 9.04. The second-order valence-corrected chi connectivity index (χ2v) is 8.25. The van der Waals surface area contributed by atoms with Crippen molar-refractivity contribution in [3.05, 3.63) is 75.9 Å². The topological polar surface area (TPSA) is 91.8 Å². The smallest absolute Gasteiger partial charge is 0.262 e. The van der Waals surface area contributed by atoms with Crippen molar-refractivity contribution in [2.24, 2.45) is 10.1 Å². The lowest BCUT2D eigenvalue weighted by Crippen LogP contribution is -2.25. The van der Waals surface area contributed by atoms with E-state index >= 15 is 0 Å². The molecule has 160 valence electrons. The van der Waals surface area contributed by atoms with E-state index in [4.69, 9.17) is 15.1 Å². The summed E-state index contributed by atoms with van der Waals surface area (Å²) in [5.41, 5.74) is 5.58. The van der Waals surface area contributed by atoms with Gasteiger partial charge < -0.3 is 10.1 Å². The highest BCUT2D eigenvalue weighted by Gasteiger charge is 2.18. The summed E-state index contributed by atoms with van der Waals surface area (Å²) in [6, 6.07) is 15.1. The number of ether oxygens (including phenoxy) is 1. The van der Waals surface area contributed by atoms with E-state index in [1.165, 1.54) is 11.3 Å². The molecule has 0 bridgehead atoms. The molecule has 0 fully saturated rings. The first-order valence-electron chi connectivity index (χ1n) is 9.93. The maximum Gasteiger partial charge on any atom is 0.262 e. The molecule has 8 heteroatoms. The molecule has 2 heterocycles. The number of carbonyl (C=O) groups is 1. The minimum atomic E-state index is -0.181. The van der Waals surface area contributed by atoms with Crippen LogP contribution in [-0.2, 0) is 4.79 Å². The Morgan fingerprint density at radius 3 is 2.78 bits per heavy atom. The highest BCUT2D eigenvalue weighted by atomic mass is 32.1. The number of hydrogen-bond donors (Lipinski definition) is 1. The Kier molecular flexibility index (Phi) is 6.01. The van der Waals surface area contributed by atoms with E-state index in [0.29, 0.717) is 23.5 Å². The summed E-state index contributed by atoms with van der Waals surface area (Å²) in [6.07, 6.45) is 0. The Balaban J connectivity index is 1.81. The standard InChI is InChI=1S/C24H21N5O2S/c1-15(2)12-26-24-29(28-16(3)18-6-4-17(11-25)5-7-18)21(14-32-24)19-8-9-22-20(10-19)27-23(30)13-31-22/h4-10,14H,1,12-13H2,2-3H3,(H,27,30). The Bertz CT molecular complexity index is 1340. The number of amides is 1. The number of thiazole rings is 1. The van der Waals surface area contributed by atoms with Gasteiger partial charge in [0.05, 0.1) is 35.3 Å². The van der Waals surface area contributed by atoms with Gasteiger partial charge in [-0.05, 0) is 49.7 Å². The van der Waals surface area contributed by atoms with Crippen LogP contribution in [0.15, 0.2) is 70.1 Å². The average Bonchev–Trinajstić information content (AvgIpc) is 3.19. The monoisotopic (exact) mass is 443 g/mol. The largest absolute Gasteiger partial charge is 0.482 e. The fraction of sp³-hybridized carbons (Fsp3) is 0.167. The van der Waals surface area contributed by atoms with Gasteiger partial charge >= 0.3 is 0 Å². The van der Waals surface area contributed by atoms with E-state index in [9.17, 15) is 4.79 Å². The average molecular weight is 444 g/mol. The summed E-state index contributed by atoms with van der Waals surface area (Å²) < 4.78 is 7.27. The van der Waals surface area contributed by atoms with Crippen molar-refractivity contribution in [2.75, 3.05) is 18.5 Å². The molecule has 1 aliphatic rings. The molecule has 1 aromatic heterocycles. The van der Waals surface area contributed by atoms with Crippen LogP contribution in [-0.4, -0.2) is 29.4 Å². The molecule has 0 spiro atoms. The molecule has 1 N–H and O–H groups in total. The van der Waals surface area contributed by atoms with E-state index in [0.717, 1.165) is 32.9 Å². The predicted octanol–water partition coefficient (Wildman–Crippen LogP) is 4.17. The van der Waals surface area contributed by atoms with E-state index in [-0.39, 0.29) is 12.5 Å². The number of anilines is 1. The predicted molar refractivity (Wildman–Crippen MR) is 126 cm³/mol. The van der Waals surface area contributed by atoms with Crippen LogP contribution in [0.4, 0.5) is 5.69 Å². The van der Waals surface area contributed by atoms with Crippen LogP contribution in [0.2, 0.25) is 0 Å². The maximum atomic E-state index is 11.7. The van der Waals surface area contributed by atoms with E-state index in [2.05, 4.69) is 23.0 Å². The molecule has 1 aliphatic heterocycles. The number of aromatic nitrogens is 1. The number of nitrogens with zero attached hydrogens (tertiary/aromatic N) is 4. The third-order valence-electron chi connectivity index (χ3n) is 4.76. The fourth-order valence-corrected chi connectivity index (χ4v) is 3.97. The Morgan fingerprint density at radius 1 is 1.28 bits per heavy atom. The molecule has 0 saturated heterocycles. The van der Waals surface area contributed by atoms with Crippen molar-refractivity contribution in [2.45, 2.75) is 13.8 Å². The number of nitrogens with one attached hydrogen (secondary N) is 1. The van der Waals surface area contributed by atoms with Crippen LogP contribution in [0.1, 0.15) is 25.0 Å². The van der Waals surface area contributed by atoms with Crippen molar-refractivity contribution in [1.29, 1.82) is 5.26 Å². The first kappa shape index (κ1) is 21.3. The van der Waals surface area contributed by atoms with Gasteiger partial charge in [-0.1, -0.05) is 24.3 Å². The molecular weight excluding hydrogens is 422 g/mol. The van der Waals surface area contributed by atoms with Gasteiger partial charge in [0.2, 0.25) is 4.80 Å². The van der Waals surface area contributed by atoms with Gasteiger partial charge in [-0.25, -0.2) is 4.68 Å². The third-order valence-corrected chi connectivity index (χ3v) is 5.61. The van der Waals surface area contributed by atoms with Crippen LogP contribution in [0.5, 0.6) is 5.75 Å². The minimum absolute atomic E-state index is 0.0167. The lowest BCUT2D eigenvalue weighted by molar-refractivity contribution is -0.118. The molecule has 1 amide bonds. The maximum absolute atomic E-state index is 11.7. The van der Waals surface area contributed by atoms with Crippen molar-refractivity contribution in [1.82, 2.24) is 4.68 Å². The van der Waals surface area contributed by atoms with Gasteiger partial charge in [0.25, 0.3) is 5.91 Å². The minimum Gasteiger partial charge on any atom is -0.482 e. The van der Waals surface area contributed by atoms with Crippen LogP contribution < -0.4 is 14.9 Å². The van der Waals surface area contributed by atoms with Gasteiger partial charge in [-0.15, -0.1) is 11.3 Å². The number of hydrogen-bond acceptors (Lipinski definition) is 6. The van der Waals surface area contributed by atoms with Crippen LogP contribution in [0, 0.1) is 11.3 Å². The Labute approximate surface area is 189 Å². The molecule has 0 saturated carbocycles. The molecule has 7 nitrogen and oxygen atoms in total. The highest BCUT2D eigenvalue weighted by Crippen LogP contribution is 2.33. The number of rotatable bonds is 5. The first-order chi connectivity index (χ1) is 15.4. The molecule has 3 aromatic rings. The zero-order valence-corrected chi connectivity index (χ0v) is 18.6. The molecule has 2 aromatic carbocycles. The van der Waals surface area contributed by atoms with Crippen molar-refractivity contribution >= 4 is 28.6 Å². The molecule has 0 atom stereocenters. The summed E-state index contributed by atoms with van der Waals surface area (Å²) >= 11 is 1.48. The molecule has 4 rings (SSSR count). The van der Waals surface area contributed by atoms with Gasteiger partial charge in [0.1, 0.15) is 5.75 Å². The quantitative estimate of drug-likeness (QED) is 0.474. The summed E-state index contributed by atoms with van der Waals surface area (Å²) in [6.45, 7) is 8.29. The van der Waals surface area contributed by atoms with E-state index < -0.39 is 0 Å². The summed E-state index contributed by atoms with van der Waals surface area (Å²) in [7, 11) is 0. The van der Waals surface area contributed by atoms with Gasteiger partial charge in [-0.2, -0.15) is 10.4 Å². The SMILES string of the molecule is C=C(C)CN=c1scc(-c2ccc3c(c2)NC(=O)CO3)n1N=C(C)c1ccc(C#N)cc1. The van der Waals surface area contributed by atoms with E-state index in [1.807, 2.05) is 49.6 Å². The number of carbonyl (C=O) groups excluding carboxylic acids is 1. The van der Waals surface area contributed by atoms with Crippen molar-refractivity contribution < 1.29 is 9.53 Å². The van der Waals surface area contributed by atoms with E-state index in [1.54, 1.807) is 16.8 Å². The second-order valence-electron chi connectivity index (χ2n) is 7.41. The third kappa shape index (κ3) is 4.53. The summed E-state index contributed by atoms with van der Waals surface area (Å²) in [4.78, 5) is 17.1. The normalized spacial score (nSPS) is 13.7. The molecule has 0 aliphatic carbocycles. The van der Waals surface area contributed by atoms with Crippen molar-refractivity contribution in [3.63, 3.8) is 0 Å². The lowest BCUT2D eigenvalue weighted by Gasteiger charge is -2.18.